The molecule has 1 aromatic rings. The molecule has 20 heavy (non-hydrogen) atoms. The maximum Gasteiger partial charge on any atom is 0.134 e. The Kier molecular flexibility index (Phi) is 5.59. The third-order valence-electron chi connectivity index (χ3n) is 3.62. The van der Waals surface area contributed by atoms with Gasteiger partial charge in [-0.1, -0.05) is 13.8 Å². The van der Waals surface area contributed by atoms with E-state index in [1.807, 2.05) is 6.92 Å². The van der Waals surface area contributed by atoms with Crippen LogP contribution in [-0.2, 0) is 0 Å². The molecule has 0 unspecified atom stereocenters. The average Bonchev–Trinajstić information content (AvgIpc) is 2.46. The highest BCUT2D eigenvalue weighted by molar-refractivity contribution is 5.49. The van der Waals surface area contributed by atoms with Crippen LogP contribution in [0, 0.1) is 6.92 Å². The maximum absolute atomic E-state index is 4.59. The van der Waals surface area contributed by atoms with Crippen LogP contribution in [0.2, 0.25) is 0 Å². The molecule has 1 aromatic heterocycles. The first kappa shape index (κ1) is 15.0. The van der Waals surface area contributed by atoms with Crippen molar-refractivity contribution in [3.05, 3.63) is 11.9 Å². The van der Waals surface area contributed by atoms with Gasteiger partial charge in [0.25, 0.3) is 0 Å². The molecule has 0 aliphatic carbocycles. The fraction of sp³-hybridized carbons (Fsp3) is 0.733. The molecule has 0 spiro atoms. The van der Waals surface area contributed by atoms with Crippen molar-refractivity contribution in [3.63, 3.8) is 0 Å². The van der Waals surface area contributed by atoms with E-state index in [1.54, 1.807) is 0 Å². The second-order valence-corrected chi connectivity index (χ2v) is 5.41. The lowest BCUT2D eigenvalue weighted by atomic mass is 10.3. The molecule has 0 bridgehead atoms. The van der Waals surface area contributed by atoms with E-state index < -0.39 is 0 Å². The van der Waals surface area contributed by atoms with Gasteiger partial charge in [-0.15, -0.1) is 0 Å². The van der Waals surface area contributed by atoms with Gasteiger partial charge < -0.3 is 10.2 Å². The van der Waals surface area contributed by atoms with Crippen LogP contribution in [0.15, 0.2) is 6.07 Å². The molecule has 2 rings (SSSR count). The van der Waals surface area contributed by atoms with Crippen LogP contribution in [0.4, 0.5) is 11.6 Å². The molecule has 1 N–H and O–H groups in total. The van der Waals surface area contributed by atoms with E-state index in [1.165, 1.54) is 13.0 Å². The summed E-state index contributed by atoms with van der Waals surface area (Å²) in [6.07, 6.45) is 2.34. The third-order valence-corrected chi connectivity index (χ3v) is 3.62. The number of aromatic nitrogens is 2. The van der Waals surface area contributed by atoms with Gasteiger partial charge in [-0.3, -0.25) is 4.90 Å². The summed E-state index contributed by atoms with van der Waals surface area (Å²) in [5, 5.41) is 3.36. The van der Waals surface area contributed by atoms with E-state index in [0.29, 0.717) is 0 Å². The average molecular weight is 277 g/mol. The monoisotopic (exact) mass is 277 g/mol. The van der Waals surface area contributed by atoms with Crippen molar-refractivity contribution in [2.45, 2.75) is 33.6 Å². The Morgan fingerprint density at radius 1 is 1.10 bits per heavy atom. The highest BCUT2D eigenvalue weighted by atomic mass is 15.3. The smallest absolute Gasteiger partial charge is 0.134 e. The molecule has 0 aromatic carbocycles. The van der Waals surface area contributed by atoms with Gasteiger partial charge >= 0.3 is 0 Å². The molecule has 0 saturated carbocycles. The highest BCUT2D eigenvalue weighted by Crippen LogP contribution is 2.17. The van der Waals surface area contributed by atoms with Crippen molar-refractivity contribution in [2.24, 2.45) is 0 Å². The minimum absolute atomic E-state index is 0.845. The van der Waals surface area contributed by atoms with Gasteiger partial charge in [0.15, 0.2) is 0 Å². The van der Waals surface area contributed by atoms with Crippen LogP contribution in [0.1, 0.15) is 32.5 Å². The topological polar surface area (TPSA) is 44.3 Å². The maximum atomic E-state index is 4.59. The number of piperazine rings is 1. The molecule has 112 valence electrons. The van der Waals surface area contributed by atoms with Crippen molar-refractivity contribution in [1.82, 2.24) is 14.9 Å². The number of anilines is 2. The number of aryl methyl sites for hydroxylation is 1. The van der Waals surface area contributed by atoms with Crippen LogP contribution < -0.4 is 10.2 Å². The molecule has 0 radical (unpaired) electrons. The summed E-state index contributed by atoms with van der Waals surface area (Å²) in [7, 11) is 0. The summed E-state index contributed by atoms with van der Waals surface area (Å²) < 4.78 is 0. The van der Waals surface area contributed by atoms with E-state index in [4.69, 9.17) is 0 Å². The highest BCUT2D eigenvalue weighted by Gasteiger charge is 2.18. The Balaban J connectivity index is 2.00. The normalized spacial score (nSPS) is 16.4. The summed E-state index contributed by atoms with van der Waals surface area (Å²) in [4.78, 5) is 13.9. The molecule has 5 nitrogen and oxygen atoms in total. The summed E-state index contributed by atoms with van der Waals surface area (Å²) >= 11 is 0. The van der Waals surface area contributed by atoms with Crippen molar-refractivity contribution in [3.8, 4) is 0 Å². The number of nitrogens with one attached hydrogen (secondary N) is 1. The predicted octanol–water partition coefficient (Wildman–Crippen LogP) is 2.14. The zero-order valence-electron chi connectivity index (χ0n) is 13.0. The number of hydrogen-bond acceptors (Lipinski definition) is 5. The Labute approximate surface area is 122 Å². The molecule has 1 fully saturated rings. The number of hydrogen-bond donors (Lipinski definition) is 1. The summed E-state index contributed by atoms with van der Waals surface area (Å²) in [5.41, 5.74) is 0. The van der Waals surface area contributed by atoms with Gasteiger partial charge in [-0.25, -0.2) is 9.97 Å². The quantitative estimate of drug-likeness (QED) is 0.863. The fourth-order valence-electron chi connectivity index (χ4n) is 2.57. The van der Waals surface area contributed by atoms with Gasteiger partial charge in [0.05, 0.1) is 0 Å². The Morgan fingerprint density at radius 3 is 2.50 bits per heavy atom. The molecule has 1 aliphatic rings. The van der Waals surface area contributed by atoms with Crippen LogP contribution in [0.25, 0.3) is 0 Å². The van der Waals surface area contributed by atoms with Crippen molar-refractivity contribution < 1.29 is 0 Å². The van der Waals surface area contributed by atoms with E-state index >= 15 is 0 Å². The lowest BCUT2D eigenvalue weighted by molar-refractivity contribution is 0.258. The van der Waals surface area contributed by atoms with Gasteiger partial charge in [0, 0.05) is 38.8 Å². The molecule has 0 atom stereocenters. The van der Waals surface area contributed by atoms with Crippen molar-refractivity contribution in [1.29, 1.82) is 0 Å². The van der Waals surface area contributed by atoms with Gasteiger partial charge in [-0.05, 0) is 26.3 Å². The van der Waals surface area contributed by atoms with E-state index in [9.17, 15) is 0 Å². The fourth-order valence-corrected chi connectivity index (χ4v) is 2.57. The first-order valence-corrected chi connectivity index (χ1v) is 7.79. The van der Waals surface area contributed by atoms with E-state index in [0.717, 1.165) is 56.6 Å². The van der Waals surface area contributed by atoms with Crippen molar-refractivity contribution in [2.75, 3.05) is 49.5 Å². The number of nitrogens with zero attached hydrogens (tertiary/aromatic N) is 4. The molecule has 0 amide bonds. The molecule has 1 aliphatic heterocycles. The molecule has 1 saturated heterocycles. The second-order valence-electron chi connectivity index (χ2n) is 5.41. The van der Waals surface area contributed by atoms with Crippen molar-refractivity contribution >= 4 is 11.6 Å². The minimum atomic E-state index is 0.845. The van der Waals surface area contributed by atoms with E-state index in [2.05, 4.69) is 45.0 Å². The largest absolute Gasteiger partial charge is 0.370 e. The number of rotatable bonds is 6. The summed E-state index contributed by atoms with van der Waals surface area (Å²) in [5.74, 6) is 2.86. The SMILES string of the molecule is CCCNc1cc(N2CCN(CCC)CC2)nc(C)n1. The molecule has 5 heteroatoms. The lowest BCUT2D eigenvalue weighted by Crippen LogP contribution is -2.46. The first-order valence-electron chi connectivity index (χ1n) is 7.79. The van der Waals surface area contributed by atoms with E-state index in [-0.39, 0.29) is 0 Å². The van der Waals surface area contributed by atoms with Crippen LogP contribution in [0.3, 0.4) is 0 Å². The zero-order valence-corrected chi connectivity index (χ0v) is 13.0. The van der Waals surface area contributed by atoms with Crippen LogP contribution in [0.5, 0.6) is 0 Å². The minimum Gasteiger partial charge on any atom is -0.370 e. The van der Waals surface area contributed by atoms with Gasteiger partial charge in [0.2, 0.25) is 0 Å². The molecule has 2 heterocycles. The third kappa shape index (κ3) is 4.07. The Morgan fingerprint density at radius 2 is 1.85 bits per heavy atom. The predicted molar refractivity (Wildman–Crippen MR) is 84.5 cm³/mol. The standard InChI is InChI=1S/C15H27N5/c1-4-6-16-14-12-15(18-13(3)17-14)20-10-8-19(7-5-2)9-11-20/h12H,4-11H2,1-3H3,(H,16,17,18). The first-order chi connectivity index (χ1) is 9.72. The molecular formula is C15H27N5. The van der Waals surface area contributed by atoms with Crippen LogP contribution >= 0.6 is 0 Å². The zero-order chi connectivity index (χ0) is 14.4. The Bertz CT molecular complexity index is 413. The summed E-state index contributed by atoms with van der Waals surface area (Å²) in [6.45, 7) is 12.9. The molecular weight excluding hydrogens is 250 g/mol. The second kappa shape index (κ2) is 7.43. The van der Waals surface area contributed by atoms with Gasteiger partial charge in [0.1, 0.15) is 17.5 Å². The summed E-state index contributed by atoms with van der Waals surface area (Å²) in [6, 6.07) is 2.08. The Hall–Kier alpha value is -1.36. The van der Waals surface area contributed by atoms with Gasteiger partial charge in [-0.2, -0.15) is 0 Å². The lowest BCUT2D eigenvalue weighted by Gasteiger charge is -2.35. The van der Waals surface area contributed by atoms with Crippen LogP contribution in [-0.4, -0.2) is 54.1 Å².